The minimum Gasteiger partial charge on any atom is -0.508 e. The van der Waals surface area contributed by atoms with Crippen LogP contribution in [0.3, 0.4) is 0 Å². The number of aromatic hydroxyl groups is 1. The highest BCUT2D eigenvalue weighted by Gasteiger charge is 2.07. The fraction of sp³-hybridized carbons (Fsp3) is 0.143. The Kier molecular flexibility index (Phi) is 5.09. The molecule has 0 saturated heterocycles. The van der Waals surface area contributed by atoms with Gasteiger partial charge in [0.15, 0.2) is 0 Å². The molecule has 0 spiro atoms. The van der Waals surface area contributed by atoms with Crippen LogP contribution in [0.15, 0.2) is 47.4 Å². The van der Waals surface area contributed by atoms with Crippen molar-refractivity contribution in [2.24, 2.45) is 0 Å². The van der Waals surface area contributed by atoms with Crippen LogP contribution in [0, 0.1) is 0 Å². The quantitative estimate of drug-likeness (QED) is 0.764. The first-order valence-corrected chi connectivity index (χ1v) is 7.07. The molecule has 0 fully saturated rings. The van der Waals surface area contributed by atoms with E-state index in [1.54, 1.807) is 42.5 Å². The molecule has 0 aromatic heterocycles. The predicted molar refractivity (Wildman–Crippen MR) is 78.7 cm³/mol. The molecule has 2 N–H and O–H groups in total. The van der Waals surface area contributed by atoms with Crippen LogP contribution in [0.5, 0.6) is 5.75 Å². The van der Waals surface area contributed by atoms with E-state index in [0.29, 0.717) is 33.8 Å². The van der Waals surface area contributed by atoms with Crippen molar-refractivity contribution in [3.63, 3.8) is 0 Å². The lowest BCUT2D eigenvalue weighted by molar-refractivity contribution is 0.252. The van der Waals surface area contributed by atoms with Crippen LogP contribution in [0.1, 0.15) is 5.56 Å². The maximum Gasteiger partial charge on any atom is 0.288 e. The van der Waals surface area contributed by atoms with Gasteiger partial charge < -0.3 is 10.4 Å². The molecular weight excluding hydrogens is 304 g/mol. The van der Waals surface area contributed by atoms with Crippen molar-refractivity contribution >= 4 is 29.1 Å². The first-order valence-electron chi connectivity index (χ1n) is 5.81. The maximum atomic E-state index is 12.2. The van der Waals surface area contributed by atoms with Crippen molar-refractivity contribution in [2.45, 2.75) is 17.2 Å². The summed E-state index contributed by atoms with van der Waals surface area (Å²) in [4.78, 5) is 0.506. The number of phenols is 1. The largest absolute Gasteiger partial charge is 0.508 e. The maximum absolute atomic E-state index is 12.2. The second kappa shape index (κ2) is 6.81. The summed E-state index contributed by atoms with van der Waals surface area (Å²) in [5, 5.41) is 13.3. The van der Waals surface area contributed by atoms with E-state index >= 15 is 0 Å². The van der Waals surface area contributed by atoms with E-state index in [9.17, 15) is 13.9 Å². The molecule has 2 nitrogen and oxygen atoms in total. The van der Waals surface area contributed by atoms with E-state index in [1.165, 1.54) is 0 Å². The molecule has 2 aromatic rings. The smallest absolute Gasteiger partial charge is 0.288 e. The molecule has 0 aliphatic rings. The lowest BCUT2D eigenvalue weighted by Crippen LogP contribution is -2.00. The third kappa shape index (κ3) is 4.02. The predicted octanol–water partition coefficient (Wildman–Crippen LogP) is 4.97. The molecular formula is C14H12ClF2NOS. The summed E-state index contributed by atoms with van der Waals surface area (Å²) in [6.07, 6.45) is 0. The Morgan fingerprint density at radius 3 is 2.45 bits per heavy atom. The van der Waals surface area contributed by atoms with Gasteiger partial charge >= 0.3 is 0 Å². The molecule has 0 aliphatic heterocycles. The van der Waals surface area contributed by atoms with Crippen LogP contribution in [-0.2, 0) is 6.54 Å². The first kappa shape index (κ1) is 14.9. The van der Waals surface area contributed by atoms with E-state index in [1.807, 2.05) is 0 Å². The minimum atomic E-state index is -2.42. The number of rotatable bonds is 5. The summed E-state index contributed by atoms with van der Waals surface area (Å²) >= 11 is 6.50. The Morgan fingerprint density at radius 2 is 1.85 bits per heavy atom. The van der Waals surface area contributed by atoms with E-state index in [2.05, 4.69) is 5.32 Å². The van der Waals surface area contributed by atoms with Gasteiger partial charge in [0.25, 0.3) is 5.76 Å². The number of anilines is 1. The highest BCUT2D eigenvalue weighted by Crippen LogP contribution is 2.28. The van der Waals surface area contributed by atoms with Crippen molar-refractivity contribution in [3.8, 4) is 5.75 Å². The molecule has 0 radical (unpaired) electrons. The van der Waals surface area contributed by atoms with E-state index < -0.39 is 5.76 Å². The number of hydrogen-bond acceptors (Lipinski definition) is 3. The number of nitrogens with one attached hydrogen (secondary N) is 1. The van der Waals surface area contributed by atoms with Crippen molar-refractivity contribution < 1.29 is 13.9 Å². The Hall–Kier alpha value is -1.46. The van der Waals surface area contributed by atoms with Gasteiger partial charge in [-0.25, -0.2) is 0 Å². The van der Waals surface area contributed by atoms with Gasteiger partial charge in [-0.1, -0.05) is 29.4 Å². The standard InChI is InChI=1S/C14H12ClF2NOS/c15-12-2-1-3-13(19)11(12)8-18-9-4-6-10(7-5-9)20-14(16)17/h1-7,14,18-19H,8H2. The summed E-state index contributed by atoms with van der Waals surface area (Å²) < 4.78 is 24.4. The number of phenolic OH excluding ortho intramolecular Hbond substituents is 1. The third-order valence-electron chi connectivity index (χ3n) is 2.64. The van der Waals surface area contributed by atoms with Crippen LogP contribution < -0.4 is 5.32 Å². The third-order valence-corrected chi connectivity index (χ3v) is 3.72. The zero-order chi connectivity index (χ0) is 14.5. The molecule has 20 heavy (non-hydrogen) atoms. The molecule has 106 valence electrons. The molecule has 0 bridgehead atoms. The molecule has 6 heteroatoms. The monoisotopic (exact) mass is 315 g/mol. The normalized spacial score (nSPS) is 10.8. The lowest BCUT2D eigenvalue weighted by Gasteiger charge is -2.10. The molecule has 0 saturated carbocycles. The first-order chi connectivity index (χ1) is 9.56. The van der Waals surface area contributed by atoms with Gasteiger partial charge in [-0.05, 0) is 36.4 Å². The Labute approximate surface area is 124 Å². The van der Waals surface area contributed by atoms with Crippen molar-refractivity contribution in [1.29, 1.82) is 0 Å². The zero-order valence-electron chi connectivity index (χ0n) is 10.3. The Morgan fingerprint density at radius 1 is 1.15 bits per heavy atom. The van der Waals surface area contributed by atoms with Crippen molar-refractivity contribution in [3.05, 3.63) is 53.1 Å². The molecule has 0 atom stereocenters. The fourth-order valence-corrected chi connectivity index (χ4v) is 2.40. The lowest BCUT2D eigenvalue weighted by atomic mass is 10.2. The number of thioether (sulfide) groups is 1. The number of benzene rings is 2. The summed E-state index contributed by atoms with van der Waals surface area (Å²) in [7, 11) is 0. The zero-order valence-corrected chi connectivity index (χ0v) is 11.9. The fourth-order valence-electron chi connectivity index (χ4n) is 1.67. The molecule has 2 rings (SSSR count). The van der Waals surface area contributed by atoms with Crippen LogP contribution in [0.25, 0.3) is 0 Å². The highest BCUT2D eigenvalue weighted by molar-refractivity contribution is 7.99. The summed E-state index contributed by atoms with van der Waals surface area (Å²) in [6.45, 7) is 0.354. The summed E-state index contributed by atoms with van der Waals surface area (Å²) in [6, 6.07) is 11.6. The Balaban J connectivity index is 2.00. The summed E-state index contributed by atoms with van der Waals surface area (Å²) in [5.74, 6) is -2.30. The second-order valence-corrected chi connectivity index (χ2v) is 5.46. The van der Waals surface area contributed by atoms with Crippen molar-refractivity contribution in [1.82, 2.24) is 0 Å². The van der Waals surface area contributed by atoms with Gasteiger partial charge in [0.05, 0.1) is 0 Å². The van der Waals surface area contributed by atoms with E-state index in [4.69, 9.17) is 11.6 Å². The van der Waals surface area contributed by atoms with Crippen molar-refractivity contribution in [2.75, 3.05) is 5.32 Å². The molecule has 0 aliphatic carbocycles. The van der Waals surface area contributed by atoms with E-state index in [0.717, 1.165) is 5.69 Å². The van der Waals surface area contributed by atoms with Gasteiger partial charge in [0.1, 0.15) is 5.75 Å². The summed E-state index contributed by atoms with van der Waals surface area (Å²) in [5.41, 5.74) is 1.36. The van der Waals surface area contributed by atoms with Gasteiger partial charge in [-0.2, -0.15) is 8.78 Å². The van der Waals surface area contributed by atoms with E-state index in [-0.39, 0.29) is 5.75 Å². The average Bonchev–Trinajstić information content (AvgIpc) is 2.39. The van der Waals surface area contributed by atoms with Crippen LogP contribution in [-0.4, -0.2) is 10.9 Å². The van der Waals surface area contributed by atoms with Gasteiger partial charge in [-0.3, -0.25) is 0 Å². The van der Waals surface area contributed by atoms with Gasteiger partial charge in [0, 0.05) is 27.7 Å². The highest BCUT2D eigenvalue weighted by atomic mass is 35.5. The number of halogens is 3. The van der Waals surface area contributed by atoms with Gasteiger partial charge in [0.2, 0.25) is 0 Å². The van der Waals surface area contributed by atoms with Crippen LogP contribution in [0.4, 0.5) is 14.5 Å². The SMILES string of the molecule is Oc1cccc(Cl)c1CNc1ccc(SC(F)F)cc1. The second-order valence-electron chi connectivity index (χ2n) is 3.99. The topological polar surface area (TPSA) is 32.3 Å². The van der Waals surface area contributed by atoms with Crippen LogP contribution in [0.2, 0.25) is 5.02 Å². The Bertz CT molecular complexity index is 558. The number of hydrogen-bond donors (Lipinski definition) is 2. The van der Waals surface area contributed by atoms with Gasteiger partial charge in [-0.15, -0.1) is 0 Å². The minimum absolute atomic E-state index is 0.120. The molecule has 0 amide bonds. The molecule has 0 unspecified atom stereocenters. The number of alkyl halides is 2. The average molecular weight is 316 g/mol. The molecule has 2 aromatic carbocycles. The molecule has 0 heterocycles. The van der Waals surface area contributed by atoms with Crippen LogP contribution >= 0.6 is 23.4 Å².